The zero-order chi connectivity index (χ0) is 15.3. The first-order valence-corrected chi connectivity index (χ1v) is 7.43. The summed E-state index contributed by atoms with van der Waals surface area (Å²) in [6, 6.07) is 7.28. The van der Waals surface area contributed by atoms with E-state index in [1.807, 2.05) is 45.9 Å². The number of nitrogens with one attached hydrogen (secondary N) is 1. The van der Waals surface area contributed by atoms with Crippen molar-refractivity contribution in [3.05, 3.63) is 24.3 Å². The maximum Gasteiger partial charge on any atom is 0.316 e. The average Bonchev–Trinajstić information content (AvgIpc) is 2.36. The molecule has 2 N–H and O–H groups in total. The molecule has 5 heteroatoms. The highest BCUT2D eigenvalue weighted by molar-refractivity contribution is 8.00. The maximum absolute atomic E-state index is 12.0. The quantitative estimate of drug-likeness (QED) is 0.814. The van der Waals surface area contributed by atoms with Crippen molar-refractivity contribution in [3.63, 3.8) is 0 Å². The first-order valence-electron chi connectivity index (χ1n) is 6.55. The number of thioether (sulfide) groups is 1. The summed E-state index contributed by atoms with van der Waals surface area (Å²) in [5, 5.41) is 11.5. The minimum Gasteiger partial charge on any atom is -0.480 e. The van der Waals surface area contributed by atoms with Crippen LogP contribution in [0.1, 0.15) is 34.1 Å². The van der Waals surface area contributed by atoms with Gasteiger partial charge >= 0.3 is 5.97 Å². The lowest BCUT2D eigenvalue weighted by Gasteiger charge is -2.20. The number of hydrogen-bond donors (Lipinski definition) is 2. The molecule has 0 aliphatic heterocycles. The van der Waals surface area contributed by atoms with Crippen molar-refractivity contribution in [2.45, 2.75) is 44.3 Å². The Morgan fingerprint density at radius 2 is 1.90 bits per heavy atom. The minimum atomic E-state index is -0.838. The fraction of sp³-hybridized carbons (Fsp3) is 0.467. The number of para-hydroxylation sites is 1. The van der Waals surface area contributed by atoms with E-state index in [1.165, 1.54) is 11.8 Å². The molecular weight excluding hydrogens is 274 g/mol. The SMILES string of the molecule is CC[C@H](Sc1ccccc1NC(=O)C(C)(C)C)C(=O)O. The Balaban J connectivity index is 2.94. The normalized spacial score (nSPS) is 12.8. The van der Waals surface area contributed by atoms with Gasteiger partial charge in [-0.15, -0.1) is 11.8 Å². The fourth-order valence-electron chi connectivity index (χ4n) is 1.44. The molecule has 1 aromatic carbocycles. The number of carboxylic acids is 1. The summed E-state index contributed by atoms with van der Waals surface area (Å²) in [6.45, 7) is 7.35. The summed E-state index contributed by atoms with van der Waals surface area (Å²) in [7, 11) is 0. The van der Waals surface area contributed by atoms with E-state index in [2.05, 4.69) is 5.32 Å². The Morgan fingerprint density at radius 1 is 1.30 bits per heavy atom. The largest absolute Gasteiger partial charge is 0.480 e. The van der Waals surface area contributed by atoms with E-state index in [1.54, 1.807) is 6.07 Å². The van der Waals surface area contributed by atoms with Crippen molar-refractivity contribution in [1.82, 2.24) is 0 Å². The summed E-state index contributed by atoms with van der Waals surface area (Å²) in [5.74, 6) is -0.927. The molecule has 1 aromatic rings. The molecule has 0 spiro atoms. The predicted molar refractivity (Wildman–Crippen MR) is 82.1 cm³/mol. The lowest BCUT2D eigenvalue weighted by molar-refractivity contribution is -0.136. The Hall–Kier alpha value is -1.49. The smallest absolute Gasteiger partial charge is 0.316 e. The van der Waals surface area contributed by atoms with Gasteiger partial charge in [0.1, 0.15) is 5.25 Å². The van der Waals surface area contributed by atoms with Crippen LogP contribution in [0.15, 0.2) is 29.2 Å². The van der Waals surface area contributed by atoms with Crippen molar-refractivity contribution in [1.29, 1.82) is 0 Å². The zero-order valence-corrected chi connectivity index (χ0v) is 13.1. The van der Waals surface area contributed by atoms with Crippen LogP contribution in [-0.4, -0.2) is 22.2 Å². The van der Waals surface area contributed by atoms with E-state index in [4.69, 9.17) is 5.11 Å². The van der Waals surface area contributed by atoms with Crippen LogP contribution >= 0.6 is 11.8 Å². The fourth-order valence-corrected chi connectivity index (χ4v) is 2.42. The lowest BCUT2D eigenvalue weighted by atomic mass is 9.95. The van der Waals surface area contributed by atoms with Crippen molar-refractivity contribution in [2.75, 3.05) is 5.32 Å². The molecule has 1 amide bonds. The van der Waals surface area contributed by atoms with E-state index < -0.39 is 16.6 Å². The molecule has 1 rings (SSSR count). The highest BCUT2D eigenvalue weighted by Gasteiger charge is 2.23. The number of rotatable bonds is 5. The van der Waals surface area contributed by atoms with E-state index >= 15 is 0 Å². The zero-order valence-electron chi connectivity index (χ0n) is 12.3. The van der Waals surface area contributed by atoms with Crippen LogP contribution in [0.4, 0.5) is 5.69 Å². The first-order chi connectivity index (χ1) is 9.25. The molecule has 20 heavy (non-hydrogen) atoms. The van der Waals surface area contributed by atoms with Gasteiger partial charge in [0.2, 0.25) is 5.91 Å². The highest BCUT2D eigenvalue weighted by Crippen LogP contribution is 2.32. The second-order valence-electron chi connectivity index (χ2n) is 5.55. The van der Waals surface area contributed by atoms with E-state index in [-0.39, 0.29) is 5.91 Å². The average molecular weight is 295 g/mol. The standard InChI is InChI=1S/C15H21NO3S/c1-5-11(13(17)18)20-12-9-7-6-8-10(12)16-14(19)15(2,3)4/h6-9,11H,5H2,1-4H3,(H,16,19)(H,17,18)/t11-/m0/s1. The van der Waals surface area contributed by atoms with Crippen molar-refractivity contribution >= 4 is 29.3 Å². The number of carbonyl (C=O) groups is 2. The molecule has 110 valence electrons. The summed E-state index contributed by atoms with van der Waals surface area (Å²) < 4.78 is 0. The van der Waals surface area contributed by atoms with Crippen LogP contribution in [0.5, 0.6) is 0 Å². The van der Waals surface area contributed by atoms with Crippen LogP contribution in [0.25, 0.3) is 0 Å². The third-order valence-electron chi connectivity index (χ3n) is 2.73. The van der Waals surface area contributed by atoms with Gasteiger partial charge in [-0.3, -0.25) is 9.59 Å². The molecule has 0 heterocycles. The Kier molecular flexibility index (Phi) is 5.62. The molecule has 0 unspecified atom stereocenters. The molecule has 0 fully saturated rings. The molecule has 4 nitrogen and oxygen atoms in total. The number of carbonyl (C=O) groups excluding carboxylic acids is 1. The van der Waals surface area contributed by atoms with Gasteiger partial charge in [-0.05, 0) is 18.6 Å². The van der Waals surface area contributed by atoms with Crippen molar-refractivity contribution in [3.8, 4) is 0 Å². The minimum absolute atomic E-state index is 0.0890. The summed E-state index contributed by atoms with van der Waals surface area (Å²) in [6.07, 6.45) is 0.529. The number of amides is 1. The summed E-state index contributed by atoms with van der Waals surface area (Å²) in [4.78, 5) is 23.9. The third-order valence-corrected chi connectivity index (χ3v) is 4.16. The highest BCUT2D eigenvalue weighted by atomic mass is 32.2. The molecule has 1 atom stereocenters. The van der Waals surface area contributed by atoms with Gasteiger partial charge in [0.05, 0.1) is 5.69 Å². The van der Waals surface area contributed by atoms with Crippen LogP contribution in [-0.2, 0) is 9.59 Å². The maximum atomic E-state index is 12.0. The van der Waals surface area contributed by atoms with Gasteiger partial charge in [-0.1, -0.05) is 39.8 Å². The van der Waals surface area contributed by atoms with E-state index in [0.29, 0.717) is 12.1 Å². The lowest BCUT2D eigenvalue weighted by Crippen LogP contribution is -2.28. The third kappa shape index (κ3) is 4.56. The predicted octanol–water partition coefficient (Wildman–Crippen LogP) is 3.63. The monoisotopic (exact) mass is 295 g/mol. The molecule has 0 aliphatic rings. The Bertz CT molecular complexity index is 494. The van der Waals surface area contributed by atoms with Gasteiger partial charge in [0.15, 0.2) is 0 Å². The van der Waals surface area contributed by atoms with Crippen LogP contribution in [0, 0.1) is 5.41 Å². The number of hydrogen-bond acceptors (Lipinski definition) is 3. The molecular formula is C15H21NO3S. The van der Waals surface area contributed by atoms with Crippen LogP contribution < -0.4 is 5.32 Å². The van der Waals surface area contributed by atoms with Crippen LogP contribution in [0.2, 0.25) is 0 Å². The number of anilines is 1. The first kappa shape index (κ1) is 16.6. The molecule has 0 saturated carbocycles. The van der Waals surface area contributed by atoms with Gasteiger partial charge in [0, 0.05) is 10.3 Å². The Morgan fingerprint density at radius 3 is 2.40 bits per heavy atom. The molecule has 0 saturated heterocycles. The van der Waals surface area contributed by atoms with Gasteiger partial charge in [0.25, 0.3) is 0 Å². The van der Waals surface area contributed by atoms with Gasteiger partial charge < -0.3 is 10.4 Å². The molecule has 0 bridgehead atoms. The second-order valence-corrected chi connectivity index (χ2v) is 6.80. The summed E-state index contributed by atoms with van der Waals surface area (Å²) >= 11 is 1.26. The van der Waals surface area contributed by atoms with E-state index in [0.717, 1.165) is 4.90 Å². The summed E-state index contributed by atoms with van der Waals surface area (Å²) in [5.41, 5.74) is 0.173. The topological polar surface area (TPSA) is 66.4 Å². The van der Waals surface area contributed by atoms with Crippen molar-refractivity contribution < 1.29 is 14.7 Å². The second kappa shape index (κ2) is 6.79. The Labute approximate surface area is 124 Å². The van der Waals surface area contributed by atoms with Crippen molar-refractivity contribution in [2.24, 2.45) is 5.41 Å². The number of aliphatic carboxylic acids is 1. The van der Waals surface area contributed by atoms with Gasteiger partial charge in [-0.2, -0.15) is 0 Å². The number of benzene rings is 1. The number of carboxylic acid groups (broad SMARTS) is 1. The molecule has 0 radical (unpaired) electrons. The molecule has 0 aliphatic carbocycles. The molecule has 0 aromatic heterocycles. The van der Waals surface area contributed by atoms with Crippen LogP contribution in [0.3, 0.4) is 0 Å². The van der Waals surface area contributed by atoms with Gasteiger partial charge in [-0.25, -0.2) is 0 Å². The van der Waals surface area contributed by atoms with E-state index in [9.17, 15) is 9.59 Å².